The Morgan fingerprint density at radius 1 is 1.24 bits per heavy atom. The molecule has 0 bridgehead atoms. The van der Waals surface area contributed by atoms with Gasteiger partial charge in [-0.3, -0.25) is 9.36 Å². The summed E-state index contributed by atoms with van der Waals surface area (Å²) in [5.74, 6) is -0.748. The van der Waals surface area contributed by atoms with Crippen molar-refractivity contribution in [3.05, 3.63) is 68.4 Å². The molecule has 0 atom stereocenters. The van der Waals surface area contributed by atoms with Gasteiger partial charge in [-0.1, -0.05) is 22.8 Å². The summed E-state index contributed by atoms with van der Waals surface area (Å²) >= 11 is 6.03. The van der Waals surface area contributed by atoms with Crippen LogP contribution in [0.15, 0.2) is 39.6 Å². The van der Waals surface area contributed by atoms with Crippen LogP contribution in [0.5, 0.6) is 0 Å². The number of rotatable bonds is 3. The molecule has 0 unspecified atom stereocenters. The highest BCUT2D eigenvalue weighted by Gasteiger charge is 2.22. The number of carboxylic acids is 1. The maximum Gasteiger partial charge on any atom is 0.341 e. The zero-order valence-corrected chi connectivity index (χ0v) is 14.6. The number of halogens is 1. The fourth-order valence-corrected chi connectivity index (χ4v) is 3.09. The van der Waals surface area contributed by atoms with Gasteiger partial charge in [0.25, 0.3) is 5.56 Å². The number of nitrogens with zero attached hydrogens (tertiary/aromatic N) is 2. The zero-order valence-electron chi connectivity index (χ0n) is 13.8. The number of hydrogen-bond donors (Lipinski definition) is 1. The van der Waals surface area contributed by atoms with E-state index in [0.717, 1.165) is 0 Å². The Morgan fingerprint density at radius 2 is 1.96 bits per heavy atom. The van der Waals surface area contributed by atoms with E-state index >= 15 is 0 Å². The molecule has 2 heterocycles. The Bertz CT molecular complexity index is 1030. The zero-order chi connectivity index (χ0) is 18.3. The molecule has 128 valence electrons. The van der Waals surface area contributed by atoms with Gasteiger partial charge < -0.3 is 9.63 Å². The van der Waals surface area contributed by atoms with Crippen molar-refractivity contribution >= 4 is 17.6 Å². The van der Waals surface area contributed by atoms with Crippen molar-refractivity contribution in [3.63, 3.8) is 0 Å². The summed E-state index contributed by atoms with van der Waals surface area (Å²) in [4.78, 5) is 24.3. The molecule has 0 saturated carbocycles. The number of benzene rings is 1. The van der Waals surface area contributed by atoms with Crippen LogP contribution in [-0.4, -0.2) is 20.8 Å². The topological polar surface area (TPSA) is 85.3 Å². The van der Waals surface area contributed by atoms with E-state index in [1.165, 1.54) is 10.6 Å². The van der Waals surface area contributed by atoms with Crippen molar-refractivity contribution in [2.45, 2.75) is 20.8 Å². The molecule has 2 aromatic heterocycles. The minimum atomic E-state index is -1.30. The van der Waals surface area contributed by atoms with Gasteiger partial charge in [-0.25, -0.2) is 4.79 Å². The molecule has 3 aromatic rings. The number of aryl methyl sites for hydroxylation is 2. The standard InChI is InChI=1S/C18H15ClN2O4/c1-9-16(11(3)25-20-9)14-8-15(18(23)24)17(22)21(10(14)2)13-6-4-5-12(19)7-13/h4-8H,1-3H3,(H,23,24). The number of hydrogen-bond acceptors (Lipinski definition) is 4. The molecule has 0 radical (unpaired) electrons. The van der Waals surface area contributed by atoms with Crippen LogP contribution in [0.3, 0.4) is 0 Å². The lowest BCUT2D eigenvalue weighted by Crippen LogP contribution is -2.27. The fourth-order valence-electron chi connectivity index (χ4n) is 2.90. The van der Waals surface area contributed by atoms with Gasteiger partial charge in [-0.15, -0.1) is 0 Å². The lowest BCUT2D eigenvalue weighted by molar-refractivity contribution is 0.0694. The predicted molar refractivity (Wildman–Crippen MR) is 93.7 cm³/mol. The fraction of sp³-hybridized carbons (Fsp3) is 0.167. The number of carboxylic acid groups (broad SMARTS) is 1. The van der Waals surface area contributed by atoms with E-state index in [-0.39, 0.29) is 5.56 Å². The monoisotopic (exact) mass is 358 g/mol. The van der Waals surface area contributed by atoms with E-state index in [4.69, 9.17) is 16.1 Å². The summed E-state index contributed by atoms with van der Waals surface area (Å²) in [6.07, 6.45) is 0. The van der Waals surface area contributed by atoms with Gasteiger partial charge >= 0.3 is 5.97 Å². The molecule has 0 amide bonds. The molecule has 25 heavy (non-hydrogen) atoms. The van der Waals surface area contributed by atoms with Crippen LogP contribution in [0, 0.1) is 20.8 Å². The van der Waals surface area contributed by atoms with Crippen molar-refractivity contribution in [2.24, 2.45) is 0 Å². The molecular weight excluding hydrogens is 344 g/mol. The Morgan fingerprint density at radius 3 is 2.52 bits per heavy atom. The van der Waals surface area contributed by atoms with Gasteiger partial charge in [0.15, 0.2) is 0 Å². The maximum absolute atomic E-state index is 12.7. The van der Waals surface area contributed by atoms with Crippen molar-refractivity contribution in [2.75, 3.05) is 0 Å². The van der Waals surface area contributed by atoms with Crippen molar-refractivity contribution < 1.29 is 14.4 Å². The molecule has 1 N–H and O–H groups in total. The molecule has 3 rings (SSSR count). The highest BCUT2D eigenvalue weighted by molar-refractivity contribution is 6.30. The van der Waals surface area contributed by atoms with Crippen LogP contribution in [0.2, 0.25) is 5.02 Å². The Hall–Kier alpha value is -2.86. The van der Waals surface area contributed by atoms with Gasteiger partial charge in [0.1, 0.15) is 11.3 Å². The molecule has 0 saturated heterocycles. The molecular formula is C18H15ClN2O4. The van der Waals surface area contributed by atoms with Crippen molar-refractivity contribution in [1.82, 2.24) is 9.72 Å². The summed E-state index contributed by atoms with van der Waals surface area (Å²) in [5, 5.41) is 13.8. The van der Waals surface area contributed by atoms with Gasteiger partial charge in [-0.2, -0.15) is 0 Å². The summed E-state index contributed by atoms with van der Waals surface area (Å²) in [7, 11) is 0. The molecule has 0 aliphatic rings. The van der Waals surface area contributed by atoms with Crippen LogP contribution in [0.25, 0.3) is 16.8 Å². The van der Waals surface area contributed by atoms with E-state index in [1.807, 2.05) is 0 Å². The summed E-state index contributed by atoms with van der Waals surface area (Å²) in [5.41, 5.74) is 1.98. The third-order valence-corrected chi connectivity index (χ3v) is 4.28. The Kier molecular flexibility index (Phi) is 4.22. The molecule has 7 heteroatoms. The van der Waals surface area contributed by atoms with Crippen LogP contribution in [0.4, 0.5) is 0 Å². The quantitative estimate of drug-likeness (QED) is 0.770. The molecule has 0 fully saturated rings. The van der Waals surface area contributed by atoms with E-state index < -0.39 is 11.5 Å². The summed E-state index contributed by atoms with van der Waals surface area (Å²) in [6, 6.07) is 8.06. The average Bonchev–Trinajstić information content (AvgIpc) is 2.87. The van der Waals surface area contributed by atoms with Crippen molar-refractivity contribution in [1.29, 1.82) is 0 Å². The number of aromatic carboxylic acids is 1. The highest BCUT2D eigenvalue weighted by atomic mass is 35.5. The highest BCUT2D eigenvalue weighted by Crippen LogP contribution is 2.30. The second-order valence-corrected chi connectivity index (χ2v) is 6.12. The summed E-state index contributed by atoms with van der Waals surface area (Å²) in [6.45, 7) is 5.25. The minimum absolute atomic E-state index is 0.333. The Balaban J connectivity index is 2.43. The first-order valence-electron chi connectivity index (χ1n) is 7.50. The van der Waals surface area contributed by atoms with Crippen LogP contribution in [-0.2, 0) is 0 Å². The molecule has 1 aromatic carbocycles. The van der Waals surface area contributed by atoms with Crippen LogP contribution in [0.1, 0.15) is 27.5 Å². The van der Waals surface area contributed by atoms with Gasteiger partial charge in [0, 0.05) is 21.8 Å². The Labute approximate surface area is 148 Å². The van der Waals surface area contributed by atoms with Gasteiger partial charge in [0.2, 0.25) is 0 Å². The molecule has 0 spiro atoms. The summed E-state index contributed by atoms with van der Waals surface area (Å²) < 4.78 is 6.54. The second-order valence-electron chi connectivity index (χ2n) is 5.68. The third-order valence-electron chi connectivity index (χ3n) is 4.05. The first-order chi connectivity index (χ1) is 11.8. The number of carbonyl (C=O) groups is 1. The largest absolute Gasteiger partial charge is 0.477 e. The molecule has 0 aliphatic carbocycles. The van der Waals surface area contributed by atoms with E-state index in [2.05, 4.69) is 5.16 Å². The first kappa shape index (κ1) is 17.0. The SMILES string of the molecule is Cc1noc(C)c1-c1cc(C(=O)O)c(=O)n(-c2cccc(Cl)c2)c1C. The number of aromatic nitrogens is 2. The van der Waals surface area contributed by atoms with Gasteiger partial charge in [0.05, 0.1) is 11.4 Å². The maximum atomic E-state index is 12.7. The van der Waals surface area contributed by atoms with E-state index in [9.17, 15) is 14.7 Å². The predicted octanol–water partition coefficient (Wildman–Crippen LogP) is 3.77. The third kappa shape index (κ3) is 2.85. The number of pyridine rings is 1. The first-order valence-corrected chi connectivity index (χ1v) is 7.88. The van der Waals surface area contributed by atoms with Crippen LogP contribution >= 0.6 is 11.6 Å². The van der Waals surface area contributed by atoms with E-state index in [1.54, 1.807) is 45.0 Å². The molecule has 6 nitrogen and oxygen atoms in total. The lowest BCUT2D eigenvalue weighted by Gasteiger charge is -2.16. The van der Waals surface area contributed by atoms with Crippen molar-refractivity contribution in [3.8, 4) is 16.8 Å². The molecule has 0 aliphatic heterocycles. The van der Waals surface area contributed by atoms with Crippen LogP contribution < -0.4 is 5.56 Å². The lowest BCUT2D eigenvalue weighted by atomic mass is 10.00. The van der Waals surface area contributed by atoms with Gasteiger partial charge in [-0.05, 0) is 45.0 Å². The smallest absolute Gasteiger partial charge is 0.341 e. The second kappa shape index (κ2) is 6.22. The average molecular weight is 359 g/mol. The van der Waals surface area contributed by atoms with E-state index in [0.29, 0.717) is 39.0 Å². The normalized spacial score (nSPS) is 10.9. The minimum Gasteiger partial charge on any atom is -0.477 e.